The van der Waals surface area contributed by atoms with Gasteiger partial charge in [0.15, 0.2) is 0 Å². The second kappa shape index (κ2) is 9.46. The van der Waals surface area contributed by atoms with Crippen LogP contribution in [0.3, 0.4) is 0 Å². The number of piperidine rings is 1. The number of hydrogen-bond donors (Lipinski definition) is 1. The molecule has 33 heavy (non-hydrogen) atoms. The fourth-order valence-corrected chi connectivity index (χ4v) is 4.76. The highest BCUT2D eigenvalue weighted by Crippen LogP contribution is 2.48. The van der Waals surface area contributed by atoms with Crippen LogP contribution in [0.4, 0.5) is 5.95 Å². The zero-order valence-electron chi connectivity index (χ0n) is 18.7. The first-order valence-corrected chi connectivity index (χ1v) is 11.7. The molecule has 5 rings (SSSR count). The fraction of sp³-hybridized carbons (Fsp3) is 0.321. The van der Waals surface area contributed by atoms with E-state index in [1.54, 1.807) is 6.20 Å². The summed E-state index contributed by atoms with van der Waals surface area (Å²) in [5, 5.41) is 0. The van der Waals surface area contributed by atoms with Crippen molar-refractivity contribution in [3.63, 3.8) is 0 Å². The van der Waals surface area contributed by atoms with Gasteiger partial charge < -0.3 is 10.6 Å². The monoisotopic (exact) mass is 436 g/mol. The van der Waals surface area contributed by atoms with Gasteiger partial charge in [0.2, 0.25) is 11.9 Å². The zero-order valence-corrected chi connectivity index (χ0v) is 18.7. The van der Waals surface area contributed by atoms with E-state index in [1.807, 2.05) is 36.4 Å². The lowest BCUT2D eigenvalue weighted by Gasteiger charge is -2.32. The summed E-state index contributed by atoms with van der Waals surface area (Å²) in [5.74, 6) is 8.03. The van der Waals surface area contributed by atoms with Gasteiger partial charge in [0.05, 0.1) is 11.3 Å². The van der Waals surface area contributed by atoms with Crippen molar-refractivity contribution < 1.29 is 4.79 Å². The van der Waals surface area contributed by atoms with Crippen LogP contribution < -0.4 is 5.73 Å². The van der Waals surface area contributed by atoms with Crippen molar-refractivity contribution >= 4 is 11.9 Å². The van der Waals surface area contributed by atoms with E-state index >= 15 is 0 Å². The summed E-state index contributed by atoms with van der Waals surface area (Å²) in [7, 11) is 0. The maximum absolute atomic E-state index is 13.0. The van der Waals surface area contributed by atoms with Gasteiger partial charge in [-0.25, -0.2) is 9.97 Å². The molecule has 1 saturated heterocycles. The lowest BCUT2D eigenvalue weighted by atomic mass is 9.90. The fourth-order valence-electron chi connectivity index (χ4n) is 4.76. The van der Waals surface area contributed by atoms with Gasteiger partial charge in [-0.2, -0.15) is 0 Å². The molecule has 166 valence electrons. The largest absolute Gasteiger partial charge is 0.368 e. The van der Waals surface area contributed by atoms with Crippen LogP contribution in [0.2, 0.25) is 0 Å². The summed E-state index contributed by atoms with van der Waals surface area (Å²) >= 11 is 0. The maximum atomic E-state index is 13.0. The van der Waals surface area contributed by atoms with Crippen LogP contribution in [-0.4, -0.2) is 33.9 Å². The quantitative estimate of drug-likeness (QED) is 0.627. The summed E-state index contributed by atoms with van der Waals surface area (Å²) in [6, 6.07) is 20.3. The Labute approximate surface area is 195 Å². The molecule has 2 atom stereocenters. The molecule has 5 heteroatoms. The Morgan fingerprint density at radius 2 is 1.70 bits per heavy atom. The molecule has 1 aromatic heterocycles. The lowest BCUT2D eigenvalue weighted by molar-refractivity contribution is -0.134. The predicted octanol–water partition coefficient (Wildman–Crippen LogP) is 4.04. The number of carbonyl (C=O) groups is 1. The molecule has 1 aliphatic heterocycles. The first kappa shape index (κ1) is 21.2. The van der Waals surface area contributed by atoms with Crippen LogP contribution in [0.15, 0.2) is 66.9 Å². The van der Waals surface area contributed by atoms with Gasteiger partial charge in [-0.15, -0.1) is 0 Å². The van der Waals surface area contributed by atoms with Crippen molar-refractivity contribution in [3.8, 4) is 11.8 Å². The first-order chi connectivity index (χ1) is 16.2. The summed E-state index contributed by atoms with van der Waals surface area (Å²) in [5.41, 5.74) is 9.86. The Bertz CT molecular complexity index is 1170. The number of nitrogens with zero attached hydrogens (tertiary/aromatic N) is 3. The minimum atomic E-state index is 0.158. The highest BCUT2D eigenvalue weighted by atomic mass is 16.2. The number of rotatable bonds is 4. The molecular weight excluding hydrogens is 408 g/mol. The normalized spacial score (nSPS) is 20.1. The number of amides is 1. The van der Waals surface area contributed by atoms with E-state index in [0.717, 1.165) is 55.6 Å². The van der Waals surface area contributed by atoms with Crippen molar-refractivity contribution in [2.24, 2.45) is 11.8 Å². The highest BCUT2D eigenvalue weighted by molar-refractivity contribution is 5.83. The average molecular weight is 437 g/mol. The van der Waals surface area contributed by atoms with Gasteiger partial charge in [0.1, 0.15) is 0 Å². The van der Waals surface area contributed by atoms with Crippen molar-refractivity contribution in [2.75, 3.05) is 18.8 Å². The van der Waals surface area contributed by atoms with Crippen molar-refractivity contribution in [1.82, 2.24) is 14.9 Å². The Morgan fingerprint density at radius 1 is 1.00 bits per heavy atom. The minimum absolute atomic E-state index is 0.158. The molecule has 3 aromatic rings. The van der Waals surface area contributed by atoms with Gasteiger partial charge >= 0.3 is 0 Å². The molecule has 1 aliphatic carbocycles. The molecule has 0 bridgehead atoms. The van der Waals surface area contributed by atoms with E-state index in [1.165, 1.54) is 5.56 Å². The highest BCUT2D eigenvalue weighted by Gasteiger charge is 2.46. The number of carbonyl (C=O) groups excluding carboxylic acids is 1. The number of nitrogens with two attached hydrogens (primary N) is 1. The van der Waals surface area contributed by atoms with Gasteiger partial charge in [0.25, 0.3) is 0 Å². The second-order valence-corrected chi connectivity index (χ2v) is 9.04. The van der Waals surface area contributed by atoms with Crippen molar-refractivity contribution in [3.05, 3.63) is 89.2 Å². The molecule has 2 aliphatic rings. The van der Waals surface area contributed by atoms with Crippen molar-refractivity contribution in [1.29, 1.82) is 0 Å². The van der Waals surface area contributed by atoms with E-state index < -0.39 is 0 Å². The molecular formula is C28H28N4O. The number of benzene rings is 2. The van der Waals surface area contributed by atoms with Gasteiger partial charge in [-0.3, -0.25) is 4.79 Å². The minimum Gasteiger partial charge on any atom is -0.368 e. The zero-order chi connectivity index (χ0) is 22.6. The molecule has 2 N–H and O–H groups in total. The molecule has 2 fully saturated rings. The molecule has 0 spiro atoms. The van der Waals surface area contributed by atoms with Gasteiger partial charge in [0, 0.05) is 30.8 Å². The molecule has 0 unspecified atom stereocenters. The third-order valence-corrected chi connectivity index (χ3v) is 6.75. The number of anilines is 1. The van der Waals surface area contributed by atoms with Crippen LogP contribution >= 0.6 is 0 Å². The van der Waals surface area contributed by atoms with Crippen LogP contribution in [0.25, 0.3) is 0 Å². The summed E-state index contributed by atoms with van der Waals surface area (Å²) in [6.07, 6.45) is 5.47. The summed E-state index contributed by atoms with van der Waals surface area (Å²) in [4.78, 5) is 23.7. The lowest BCUT2D eigenvalue weighted by Crippen LogP contribution is -2.40. The molecule has 0 radical (unpaired) electrons. The Kier molecular flexibility index (Phi) is 6.08. The van der Waals surface area contributed by atoms with E-state index in [-0.39, 0.29) is 11.9 Å². The Hall–Kier alpha value is -3.65. The Morgan fingerprint density at radius 3 is 2.42 bits per heavy atom. The third-order valence-electron chi connectivity index (χ3n) is 6.75. The number of aromatic nitrogens is 2. The van der Waals surface area contributed by atoms with Crippen LogP contribution in [0.1, 0.15) is 47.6 Å². The average Bonchev–Trinajstić information content (AvgIpc) is 3.66. The van der Waals surface area contributed by atoms with E-state index in [4.69, 9.17) is 5.73 Å². The maximum Gasteiger partial charge on any atom is 0.226 e. The number of nitrogen functional groups attached to an aromatic ring is 1. The molecule has 5 nitrogen and oxygen atoms in total. The van der Waals surface area contributed by atoms with Gasteiger partial charge in [-0.05, 0) is 55.2 Å². The smallest absolute Gasteiger partial charge is 0.226 e. The van der Waals surface area contributed by atoms with Crippen LogP contribution in [0.5, 0.6) is 0 Å². The first-order valence-electron chi connectivity index (χ1n) is 11.7. The van der Waals surface area contributed by atoms with Crippen LogP contribution in [-0.2, 0) is 11.2 Å². The number of hydrogen-bond acceptors (Lipinski definition) is 4. The van der Waals surface area contributed by atoms with Gasteiger partial charge in [-0.1, -0.05) is 60.4 Å². The number of likely N-dealkylation sites (tertiary alicyclic amines) is 1. The molecule has 2 aromatic carbocycles. The Balaban J connectivity index is 1.19. The van der Waals surface area contributed by atoms with E-state index in [0.29, 0.717) is 17.7 Å². The SMILES string of the molecule is Nc1ncc(C#Cc2ccccc2)c(CC2CCN(C(=O)[C@@H]3C[C@H]3c3ccccc3)CC2)n1. The van der Waals surface area contributed by atoms with Crippen LogP contribution in [0, 0.1) is 23.7 Å². The van der Waals surface area contributed by atoms with Crippen molar-refractivity contribution in [2.45, 2.75) is 31.6 Å². The summed E-state index contributed by atoms with van der Waals surface area (Å²) in [6.45, 7) is 1.63. The molecule has 1 amide bonds. The predicted molar refractivity (Wildman–Crippen MR) is 129 cm³/mol. The summed E-state index contributed by atoms with van der Waals surface area (Å²) < 4.78 is 0. The standard InChI is InChI=1S/C28H28N4O/c29-28-30-19-23(12-11-20-7-3-1-4-8-20)26(31-28)17-21-13-15-32(16-14-21)27(33)25-18-24(25)22-9-5-2-6-10-22/h1-10,19,21,24-25H,13-18H2,(H2,29,30,31)/t24-,25+/m0/s1. The van der Waals surface area contributed by atoms with E-state index in [2.05, 4.69) is 51.0 Å². The van der Waals surface area contributed by atoms with E-state index in [9.17, 15) is 4.79 Å². The second-order valence-electron chi connectivity index (χ2n) is 9.04. The third kappa shape index (κ3) is 5.06. The topological polar surface area (TPSA) is 72.1 Å². The molecule has 1 saturated carbocycles. The molecule has 2 heterocycles.